The fourth-order valence-corrected chi connectivity index (χ4v) is 8.49. The number of hydrogen-bond acceptors (Lipinski definition) is 13. The largest absolute Gasteiger partial charge is 0.490 e. The van der Waals surface area contributed by atoms with Gasteiger partial charge in [0.1, 0.15) is 6.04 Å². The molecular weight excluding hydrogens is 815 g/mol. The average molecular weight is 860 g/mol. The molecular formula is C47H45N11O6. The van der Waals surface area contributed by atoms with Gasteiger partial charge >= 0.3 is 0 Å². The highest BCUT2D eigenvalue weighted by atomic mass is 16.5. The van der Waals surface area contributed by atoms with E-state index in [0.29, 0.717) is 65.8 Å². The number of nitrogens with one attached hydrogen (secondary N) is 1. The number of nitriles is 1. The molecule has 0 spiro atoms. The standard InChI is InChI=1S/C47H45N11O6/c48-24-32-3-1-5-34(21-32)40-9-12-43(60)57(53-40)28-33-4-2-6-35(22-33)45-49-26-38(27-50-45)64-30-31-13-15-56(16-14-31)44(61)29-54-17-19-55(20-18-54)37-7-8-39-36(23-37)25-51-58(47(39)63)41-10-11-42(59)52-46(41)62/h1-9,12,21-23,25-27,31,41H,10-11,13-20,28-30H2,(H,52,59,62). The van der Waals surface area contributed by atoms with Crippen molar-refractivity contribution in [2.24, 2.45) is 5.92 Å². The van der Waals surface area contributed by atoms with Crippen LogP contribution in [-0.2, 0) is 20.9 Å². The predicted octanol–water partition coefficient (Wildman–Crippen LogP) is 3.41. The van der Waals surface area contributed by atoms with Crippen molar-refractivity contribution >= 4 is 34.2 Å². The third-order valence-corrected chi connectivity index (χ3v) is 12.1. The van der Waals surface area contributed by atoms with Gasteiger partial charge in [-0.15, -0.1) is 0 Å². The van der Waals surface area contributed by atoms with Crippen molar-refractivity contribution in [2.75, 3.05) is 57.3 Å². The number of nitrogens with zero attached hydrogens (tertiary/aromatic N) is 10. The molecule has 0 aliphatic carbocycles. The Bertz CT molecular complexity index is 2890. The normalized spacial score (nSPS) is 17.3. The molecule has 1 unspecified atom stereocenters. The van der Waals surface area contributed by atoms with Crippen molar-refractivity contribution in [3.63, 3.8) is 0 Å². The molecule has 1 atom stereocenters. The minimum Gasteiger partial charge on any atom is -0.490 e. The first kappa shape index (κ1) is 41.8. The summed E-state index contributed by atoms with van der Waals surface area (Å²) in [5.74, 6) is 0.664. The van der Waals surface area contributed by atoms with E-state index in [0.717, 1.165) is 61.4 Å². The third kappa shape index (κ3) is 9.27. The predicted molar refractivity (Wildman–Crippen MR) is 236 cm³/mol. The van der Waals surface area contributed by atoms with Gasteiger partial charge < -0.3 is 14.5 Å². The van der Waals surface area contributed by atoms with Gasteiger partial charge in [-0.1, -0.05) is 30.3 Å². The molecule has 3 fully saturated rings. The van der Waals surface area contributed by atoms with Gasteiger partial charge in [-0.25, -0.2) is 19.3 Å². The molecule has 0 radical (unpaired) electrons. The fourth-order valence-electron chi connectivity index (χ4n) is 8.49. The summed E-state index contributed by atoms with van der Waals surface area (Å²) in [6.07, 6.45) is 7.00. The van der Waals surface area contributed by atoms with Crippen LogP contribution in [0.5, 0.6) is 5.75 Å². The number of benzene rings is 3. The second kappa shape index (κ2) is 18.4. The number of piperazine rings is 1. The van der Waals surface area contributed by atoms with E-state index in [1.54, 1.807) is 48.9 Å². The number of rotatable bonds is 11. The Morgan fingerprint density at radius 1 is 0.828 bits per heavy atom. The van der Waals surface area contributed by atoms with Crippen LogP contribution < -0.4 is 26.1 Å². The molecule has 6 heterocycles. The minimum absolute atomic E-state index is 0.129. The first-order chi connectivity index (χ1) is 31.2. The van der Waals surface area contributed by atoms with E-state index in [1.165, 1.54) is 15.4 Å². The Labute approximate surface area is 367 Å². The summed E-state index contributed by atoms with van der Waals surface area (Å²) in [4.78, 5) is 78.7. The molecule has 17 heteroatoms. The lowest BCUT2D eigenvalue weighted by Crippen LogP contribution is -2.51. The van der Waals surface area contributed by atoms with Crippen LogP contribution in [0, 0.1) is 17.2 Å². The number of piperidine rings is 2. The smallest absolute Gasteiger partial charge is 0.275 e. The maximum absolute atomic E-state index is 13.3. The second-order valence-corrected chi connectivity index (χ2v) is 16.4. The van der Waals surface area contributed by atoms with Crippen molar-refractivity contribution in [3.05, 3.63) is 129 Å². The van der Waals surface area contributed by atoms with Gasteiger partial charge in [0.2, 0.25) is 11.8 Å². The molecule has 3 aromatic carbocycles. The molecule has 6 aromatic rings. The van der Waals surface area contributed by atoms with E-state index in [9.17, 15) is 29.2 Å². The fraction of sp³-hybridized carbons (Fsp3) is 0.319. The average Bonchev–Trinajstić information content (AvgIpc) is 3.32. The summed E-state index contributed by atoms with van der Waals surface area (Å²) in [7, 11) is 0. The van der Waals surface area contributed by atoms with Gasteiger partial charge in [0.05, 0.1) is 61.0 Å². The van der Waals surface area contributed by atoms with Crippen molar-refractivity contribution in [3.8, 4) is 34.5 Å². The van der Waals surface area contributed by atoms with Gasteiger partial charge in [0, 0.05) is 74.0 Å². The SMILES string of the molecule is N#Cc1cccc(-c2ccc(=O)n(Cc3cccc(-c4ncc(OCC5CCN(C(=O)CN6CCN(c7ccc8c(=O)n(C9CCC(=O)NC9=O)ncc8c7)CC6)CC5)cn4)c3)n2)c1. The molecule has 3 amide bonds. The van der Waals surface area contributed by atoms with E-state index in [2.05, 4.69) is 41.4 Å². The highest BCUT2D eigenvalue weighted by Gasteiger charge is 2.30. The highest BCUT2D eigenvalue weighted by Crippen LogP contribution is 2.25. The van der Waals surface area contributed by atoms with Crippen LogP contribution in [-0.4, -0.2) is 109 Å². The molecule has 3 saturated heterocycles. The number of imide groups is 1. The number of fused-ring (bicyclic) bond motifs is 1. The summed E-state index contributed by atoms with van der Waals surface area (Å²) < 4.78 is 8.67. The van der Waals surface area contributed by atoms with Crippen molar-refractivity contribution in [1.82, 2.24) is 44.6 Å². The topological polar surface area (TPSA) is 202 Å². The summed E-state index contributed by atoms with van der Waals surface area (Å²) in [5, 5.41) is 21.6. The van der Waals surface area contributed by atoms with E-state index in [4.69, 9.17) is 4.74 Å². The van der Waals surface area contributed by atoms with Gasteiger partial charge in [-0.3, -0.25) is 34.2 Å². The van der Waals surface area contributed by atoms with Crippen molar-refractivity contribution in [1.29, 1.82) is 5.26 Å². The molecule has 1 N–H and O–H groups in total. The van der Waals surface area contributed by atoms with E-state index >= 15 is 0 Å². The van der Waals surface area contributed by atoms with Crippen molar-refractivity contribution < 1.29 is 19.1 Å². The highest BCUT2D eigenvalue weighted by molar-refractivity contribution is 5.99. The summed E-state index contributed by atoms with van der Waals surface area (Å²) in [6.45, 7) is 5.38. The van der Waals surface area contributed by atoms with Crippen LogP contribution in [0.2, 0.25) is 0 Å². The lowest BCUT2D eigenvalue weighted by Gasteiger charge is -2.38. The minimum atomic E-state index is -0.810. The molecule has 17 nitrogen and oxygen atoms in total. The molecule has 3 aliphatic heterocycles. The Hall–Kier alpha value is -7.58. The van der Waals surface area contributed by atoms with Gasteiger partial charge in [0.25, 0.3) is 17.0 Å². The van der Waals surface area contributed by atoms with Crippen LogP contribution in [0.1, 0.15) is 42.9 Å². The maximum Gasteiger partial charge on any atom is 0.275 e. The third-order valence-electron chi connectivity index (χ3n) is 12.1. The lowest BCUT2D eigenvalue weighted by atomic mass is 9.98. The Morgan fingerprint density at radius 3 is 2.39 bits per heavy atom. The molecule has 9 rings (SSSR count). The zero-order chi connectivity index (χ0) is 44.2. The van der Waals surface area contributed by atoms with Gasteiger partial charge in [0.15, 0.2) is 11.6 Å². The number of carbonyl (C=O) groups is 3. The van der Waals surface area contributed by atoms with Gasteiger partial charge in [-0.2, -0.15) is 15.5 Å². The quantitative estimate of drug-likeness (QED) is 0.186. The number of anilines is 1. The van der Waals surface area contributed by atoms with E-state index in [-0.39, 0.29) is 42.3 Å². The summed E-state index contributed by atoms with van der Waals surface area (Å²) in [6, 6.07) is 24.8. The van der Waals surface area contributed by atoms with E-state index < -0.39 is 11.9 Å². The van der Waals surface area contributed by atoms with Gasteiger partial charge in [-0.05, 0) is 73.2 Å². The molecule has 0 saturated carbocycles. The number of amides is 3. The molecule has 3 aliphatic rings. The number of likely N-dealkylation sites (tertiary alicyclic amines) is 1. The number of aromatic nitrogens is 6. The molecule has 0 bridgehead atoms. The van der Waals surface area contributed by atoms with Crippen LogP contribution in [0.15, 0.2) is 107 Å². The Balaban J connectivity index is 0.716. The molecule has 64 heavy (non-hydrogen) atoms. The summed E-state index contributed by atoms with van der Waals surface area (Å²) >= 11 is 0. The van der Waals surface area contributed by atoms with Crippen LogP contribution >= 0.6 is 0 Å². The Morgan fingerprint density at radius 2 is 1.61 bits per heavy atom. The number of hydrogen-bond donors (Lipinski definition) is 1. The zero-order valence-electron chi connectivity index (χ0n) is 35.0. The molecule has 3 aromatic heterocycles. The number of ether oxygens (including phenoxy) is 1. The Kier molecular flexibility index (Phi) is 12.0. The first-order valence-electron chi connectivity index (χ1n) is 21.4. The number of carbonyl (C=O) groups excluding carboxylic acids is 3. The monoisotopic (exact) mass is 859 g/mol. The van der Waals surface area contributed by atoms with Crippen molar-refractivity contribution in [2.45, 2.75) is 38.3 Å². The first-order valence-corrected chi connectivity index (χ1v) is 21.4. The summed E-state index contributed by atoms with van der Waals surface area (Å²) in [5.41, 5.74) is 3.88. The van der Waals surface area contributed by atoms with Crippen LogP contribution in [0.25, 0.3) is 33.4 Å². The van der Waals surface area contributed by atoms with E-state index in [1.807, 2.05) is 47.4 Å². The van der Waals surface area contributed by atoms with Crippen LogP contribution in [0.4, 0.5) is 5.69 Å². The maximum atomic E-state index is 13.3. The zero-order valence-corrected chi connectivity index (χ0v) is 35.0. The van der Waals surface area contributed by atoms with Crippen LogP contribution in [0.3, 0.4) is 0 Å². The lowest BCUT2D eigenvalue weighted by molar-refractivity contribution is -0.136. The second-order valence-electron chi connectivity index (χ2n) is 16.4. The molecule has 324 valence electrons.